The first kappa shape index (κ1) is 39.6. The van der Waals surface area contributed by atoms with E-state index in [0.29, 0.717) is 5.92 Å². The Morgan fingerprint density at radius 3 is 1.25 bits per heavy atom. The highest BCUT2D eigenvalue weighted by atomic mass is 15.0. The number of benzene rings is 10. The van der Waals surface area contributed by atoms with E-state index < -0.39 is 0 Å². The zero-order valence-electron chi connectivity index (χ0n) is 37.5. The first-order chi connectivity index (χ1) is 33.7. The van der Waals surface area contributed by atoms with Crippen LogP contribution >= 0.6 is 0 Å². The molecule has 12 aromatic rings. The Bertz CT molecular complexity index is 3790. The van der Waals surface area contributed by atoms with Gasteiger partial charge in [-0.25, -0.2) is 0 Å². The molecule has 68 heavy (non-hydrogen) atoms. The third-order valence-corrected chi connectivity index (χ3v) is 14.1. The van der Waals surface area contributed by atoms with Gasteiger partial charge in [0.2, 0.25) is 0 Å². The third-order valence-electron chi connectivity index (χ3n) is 14.1. The van der Waals surface area contributed by atoms with Crippen molar-refractivity contribution < 1.29 is 0 Å². The van der Waals surface area contributed by atoms with Gasteiger partial charge in [-0.1, -0.05) is 200 Å². The summed E-state index contributed by atoms with van der Waals surface area (Å²) in [5.74, 6) is 0.376. The average Bonchev–Trinajstić information content (AvgIpc) is 3.94. The molecule has 0 radical (unpaired) electrons. The summed E-state index contributed by atoms with van der Waals surface area (Å²) in [6, 6.07) is 89.0. The molecule has 10 aromatic carbocycles. The number of fused-ring (bicyclic) bond motifs is 6. The van der Waals surface area contributed by atoms with Crippen LogP contribution in [-0.2, 0) is 0 Å². The van der Waals surface area contributed by atoms with Crippen molar-refractivity contribution in [3.8, 4) is 55.9 Å². The second-order valence-corrected chi connectivity index (χ2v) is 18.0. The fourth-order valence-corrected chi connectivity index (χ4v) is 10.7. The van der Waals surface area contributed by atoms with Crippen molar-refractivity contribution in [2.75, 3.05) is 0 Å². The molecule has 0 fully saturated rings. The van der Waals surface area contributed by atoms with Crippen LogP contribution in [0.5, 0.6) is 0 Å². The molecular weight excluding hydrogens is 821 g/mol. The van der Waals surface area contributed by atoms with E-state index in [0.717, 1.165) is 17.8 Å². The summed E-state index contributed by atoms with van der Waals surface area (Å²) in [6.45, 7) is 0. The first-order valence-electron chi connectivity index (χ1n) is 23.7. The second kappa shape index (κ2) is 16.6. The lowest BCUT2D eigenvalue weighted by Gasteiger charge is -2.17. The Hall–Kier alpha value is -8.72. The van der Waals surface area contributed by atoms with Crippen molar-refractivity contribution in [3.63, 3.8) is 0 Å². The smallest absolute Gasteiger partial charge is 0.0541 e. The number of rotatable bonds is 8. The average molecular weight is 867 g/mol. The number of aromatic nitrogens is 2. The summed E-state index contributed by atoms with van der Waals surface area (Å²) >= 11 is 0. The van der Waals surface area contributed by atoms with Gasteiger partial charge in [0, 0.05) is 38.8 Å². The molecule has 1 aliphatic carbocycles. The summed E-state index contributed by atoms with van der Waals surface area (Å²) in [4.78, 5) is 0. The van der Waals surface area contributed by atoms with Gasteiger partial charge in [-0.2, -0.15) is 0 Å². The highest BCUT2D eigenvalue weighted by molar-refractivity contribution is 6.10. The van der Waals surface area contributed by atoms with Gasteiger partial charge in [-0.3, -0.25) is 0 Å². The molecule has 0 amide bonds. The zero-order valence-corrected chi connectivity index (χ0v) is 37.5. The molecule has 2 nitrogen and oxygen atoms in total. The van der Waals surface area contributed by atoms with Crippen molar-refractivity contribution >= 4 is 49.2 Å². The SMILES string of the molecule is C1=CC(c2ccc(-c3cccc(-c4ccc(-c5ccc(-n6c7ccccc7c7ccccc76)cc5)c(-c5ccc(-n6c7ccccc7c7ccccc76)cc5)c4)c3)cc2)CC=C1c1ccccc1. The highest BCUT2D eigenvalue weighted by Gasteiger charge is 2.17. The van der Waals surface area contributed by atoms with Gasteiger partial charge in [0.1, 0.15) is 0 Å². The predicted molar refractivity (Wildman–Crippen MR) is 288 cm³/mol. The summed E-state index contributed by atoms with van der Waals surface area (Å²) < 4.78 is 4.78. The summed E-state index contributed by atoms with van der Waals surface area (Å²) in [7, 11) is 0. The normalized spacial score (nSPS) is 13.7. The molecule has 0 aliphatic heterocycles. The lowest BCUT2D eigenvalue weighted by Crippen LogP contribution is -1.98. The van der Waals surface area contributed by atoms with Crippen LogP contribution in [-0.4, -0.2) is 9.13 Å². The van der Waals surface area contributed by atoms with E-state index in [1.807, 2.05) is 0 Å². The number of hydrogen-bond acceptors (Lipinski definition) is 0. The maximum atomic E-state index is 2.39. The Balaban J connectivity index is 0.866. The molecule has 320 valence electrons. The zero-order chi connectivity index (χ0) is 45.0. The van der Waals surface area contributed by atoms with Crippen molar-refractivity contribution in [2.24, 2.45) is 0 Å². The van der Waals surface area contributed by atoms with Gasteiger partial charge in [0.15, 0.2) is 0 Å². The maximum Gasteiger partial charge on any atom is 0.0541 e. The summed E-state index contributed by atoms with van der Waals surface area (Å²) in [5, 5.41) is 5.06. The van der Waals surface area contributed by atoms with Crippen LogP contribution in [0.2, 0.25) is 0 Å². The molecule has 0 N–H and O–H groups in total. The quantitative estimate of drug-likeness (QED) is 0.144. The van der Waals surface area contributed by atoms with Crippen LogP contribution in [0.15, 0.2) is 261 Å². The second-order valence-electron chi connectivity index (χ2n) is 18.0. The molecule has 2 heterocycles. The molecule has 0 spiro atoms. The Morgan fingerprint density at radius 2 is 0.735 bits per heavy atom. The topological polar surface area (TPSA) is 9.86 Å². The molecular formula is C66H46N2. The van der Waals surface area contributed by atoms with Crippen LogP contribution in [0.3, 0.4) is 0 Å². The van der Waals surface area contributed by atoms with Gasteiger partial charge in [0.05, 0.1) is 22.1 Å². The van der Waals surface area contributed by atoms with Crippen molar-refractivity contribution in [1.82, 2.24) is 9.13 Å². The molecule has 1 unspecified atom stereocenters. The largest absolute Gasteiger partial charge is 0.309 e. The molecule has 1 aliphatic rings. The van der Waals surface area contributed by atoms with E-state index in [4.69, 9.17) is 0 Å². The van der Waals surface area contributed by atoms with E-state index in [9.17, 15) is 0 Å². The molecule has 1 atom stereocenters. The number of nitrogens with zero attached hydrogens (tertiary/aromatic N) is 2. The lowest BCUT2D eigenvalue weighted by atomic mass is 9.87. The maximum absolute atomic E-state index is 2.39. The monoisotopic (exact) mass is 866 g/mol. The lowest BCUT2D eigenvalue weighted by molar-refractivity contribution is 0.857. The number of para-hydroxylation sites is 4. The van der Waals surface area contributed by atoms with E-state index in [-0.39, 0.29) is 0 Å². The van der Waals surface area contributed by atoms with E-state index in [2.05, 4.69) is 270 Å². The van der Waals surface area contributed by atoms with Gasteiger partial charge < -0.3 is 9.13 Å². The minimum atomic E-state index is 0.376. The molecule has 0 saturated carbocycles. The Morgan fingerprint density at radius 1 is 0.309 bits per heavy atom. The molecule has 13 rings (SSSR count). The van der Waals surface area contributed by atoms with E-state index in [1.54, 1.807) is 0 Å². The minimum Gasteiger partial charge on any atom is -0.309 e. The van der Waals surface area contributed by atoms with Gasteiger partial charge in [0.25, 0.3) is 0 Å². The molecule has 2 aromatic heterocycles. The van der Waals surface area contributed by atoms with Gasteiger partial charge >= 0.3 is 0 Å². The third kappa shape index (κ3) is 6.89. The summed E-state index contributed by atoms with van der Waals surface area (Å²) in [5.41, 5.74) is 20.6. The van der Waals surface area contributed by atoms with Crippen LogP contribution in [0.4, 0.5) is 0 Å². The van der Waals surface area contributed by atoms with E-state index in [1.165, 1.54) is 105 Å². The van der Waals surface area contributed by atoms with Gasteiger partial charge in [-0.05, 0) is 128 Å². The van der Waals surface area contributed by atoms with Crippen LogP contribution in [0.1, 0.15) is 23.5 Å². The Labute approximate surface area is 396 Å². The molecule has 0 saturated heterocycles. The van der Waals surface area contributed by atoms with Crippen LogP contribution < -0.4 is 0 Å². The van der Waals surface area contributed by atoms with Crippen molar-refractivity contribution in [3.05, 3.63) is 272 Å². The number of hydrogen-bond donors (Lipinski definition) is 0. The van der Waals surface area contributed by atoms with E-state index >= 15 is 0 Å². The molecule has 2 heteroatoms. The van der Waals surface area contributed by atoms with Crippen molar-refractivity contribution in [2.45, 2.75) is 12.3 Å². The fourth-order valence-electron chi connectivity index (χ4n) is 10.7. The minimum absolute atomic E-state index is 0.376. The predicted octanol–water partition coefficient (Wildman–Crippen LogP) is 17.7. The Kier molecular flexibility index (Phi) is 9.68. The fraction of sp³-hybridized carbons (Fsp3) is 0.0303. The van der Waals surface area contributed by atoms with Crippen LogP contribution in [0, 0.1) is 0 Å². The highest BCUT2D eigenvalue weighted by Crippen LogP contribution is 2.40. The first-order valence-corrected chi connectivity index (χ1v) is 23.7. The number of allylic oxidation sites excluding steroid dienone is 4. The van der Waals surface area contributed by atoms with Crippen LogP contribution in [0.25, 0.3) is 105 Å². The standard InChI is InChI=1S/C66H46N2/c1-2-13-45(14-3-1)46-25-27-47(28-26-46)48-29-31-49(32-30-48)52-15-12-16-53(43-52)54-37-42-57(50-33-38-55(39-34-50)67-63-21-8-4-17-58(63)59-18-5-9-22-64(59)67)62(44-54)51-35-40-56(41-36-51)68-65-23-10-6-19-60(65)61-20-7-11-24-66(61)68/h1-27,29-44,47H,28H2. The van der Waals surface area contributed by atoms with Gasteiger partial charge in [-0.15, -0.1) is 0 Å². The molecule has 0 bridgehead atoms. The summed E-state index contributed by atoms with van der Waals surface area (Å²) in [6.07, 6.45) is 8.02. The van der Waals surface area contributed by atoms with Crippen molar-refractivity contribution in [1.29, 1.82) is 0 Å².